The average Bonchev–Trinajstić information content (AvgIpc) is 2.68. The van der Waals surface area contributed by atoms with Crippen LogP contribution in [0.5, 0.6) is 0 Å². The fourth-order valence-corrected chi connectivity index (χ4v) is 2.15. The van der Waals surface area contributed by atoms with Crippen molar-refractivity contribution in [3.63, 3.8) is 0 Å². The Balaban J connectivity index is 3.20. The van der Waals surface area contributed by atoms with Crippen molar-refractivity contribution >= 4 is 11.7 Å². The van der Waals surface area contributed by atoms with Gasteiger partial charge >= 0.3 is 0 Å². The lowest BCUT2D eigenvalue weighted by molar-refractivity contribution is 0.301. The van der Waals surface area contributed by atoms with Gasteiger partial charge in [-0.25, -0.2) is 0 Å². The fraction of sp³-hybridized carbons (Fsp3) is 0.667. The van der Waals surface area contributed by atoms with Crippen LogP contribution in [0.4, 0.5) is 5.82 Å². The van der Waals surface area contributed by atoms with Crippen LogP contribution in [-0.4, -0.2) is 45.6 Å². The number of nitrogens with two attached hydrogens (primary N) is 1. The van der Waals surface area contributed by atoms with Crippen LogP contribution in [0, 0.1) is 6.92 Å². The zero-order valence-electron chi connectivity index (χ0n) is 11.8. The Morgan fingerprint density at radius 2 is 2.16 bits per heavy atom. The molecule has 1 aromatic heterocycles. The van der Waals surface area contributed by atoms with Gasteiger partial charge in [-0.1, -0.05) is 18.5 Å². The molecule has 1 rings (SSSR count). The molecule has 0 saturated heterocycles. The number of hydrogen-bond donors (Lipinski definition) is 3. The van der Waals surface area contributed by atoms with E-state index in [1.54, 1.807) is 4.68 Å². The zero-order valence-corrected chi connectivity index (χ0v) is 11.8. The fourth-order valence-electron chi connectivity index (χ4n) is 2.15. The van der Waals surface area contributed by atoms with Crippen molar-refractivity contribution in [2.24, 2.45) is 17.9 Å². The smallest absolute Gasteiger partial charge is 0.175 e. The molecule has 0 bridgehead atoms. The van der Waals surface area contributed by atoms with E-state index in [9.17, 15) is 5.11 Å². The van der Waals surface area contributed by atoms with E-state index in [4.69, 9.17) is 10.9 Å². The van der Waals surface area contributed by atoms with Gasteiger partial charge in [0.2, 0.25) is 0 Å². The lowest BCUT2D eigenvalue weighted by atomic mass is 10.2. The number of anilines is 1. The van der Waals surface area contributed by atoms with Crippen molar-refractivity contribution in [2.45, 2.75) is 26.7 Å². The molecule has 0 fully saturated rings. The third-order valence-electron chi connectivity index (χ3n) is 3.01. The summed E-state index contributed by atoms with van der Waals surface area (Å²) in [7, 11) is 1.81. The molecule has 0 saturated carbocycles. The quantitative estimate of drug-likeness (QED) is 0.288. The molecule has 108 valence electrons. The molecule has 0 radical (unpaired) electrons. The van der Waals surface area contributed by atoms with Gasteiger partial charge in [0.1, 0.15) is 5.82 Å². The summed E-state index contributed by atoms with van der Waals surface area (Å²) >= 11 is 0. The Morgan fingerprint density at radius 1 is 1.47 bits per heavy atom. The van der Waals surface area contributed by atoms with Crippen LogP contribution in [0.1, 0.15) is 31.0 Å². The van der Waals surface area contributed by atoms with Gasteiger partial charge in [-0.3, -0.25) is 4.68 Å². The summed E-state index contributed by atoms with van der Waals surface area (Å²) in [6.45, 7) is 5.25. The Bertz CT molecular complexity index is 442. The summed E-state index contributed by atoms with van der Waals surface area (Å²) in [5.41, 5.74) is 7.05. The normalized spacial score (nSPS) is 11.9. The van der Waals surface area contributed by atoms with Crippen LogP contribution >= 0.6 is 0 Å². The molecule has 0 aromatic carbocycles. The SMILES string of the molecule is CCCCN(CCO)c1c(C(N)=NO)c(C)nn1C. The number of hydrogen-bond acceptors (Lipinski definition) is 5. The van der Waals surface area contributed by atoms with Crippen LogP contribution in [0.2, 0.25) is 0 Å². The summed E-state index contributed by atoms with van der Waals surface area (Å²) in [5, 5.41) is 25.5. The molecule has 7 nitrogen and oxygen atoms in total. The highest BCUT2D eigenvalue weighted by Gasteiger charge is 2.21. The maximum atomic E-state index is 9.20. The number of aliphatic hydroxyl groups is 1. The molecule has 0 aliphatic rings. The molecule has 0 unspecified atom stereocenters. The van der Waals surface area contributed by atoms with Crippen molar-refractivity contribution in [1.29, 1.82) is 0 Å². The monoisotopic (exact) mass is 269 g/mol. The number of nitrogens with zero attached hydrogens (tertiary/aromatic N) is 4. The topological polar surface area (TPSA) is 99.9 Å². The highest BCUT2D eigenvalue weighted by atomic mass is 16.4. The van der Waals surface area contributed by atoms with Crippen molar-refractivity contribution < 1.29 is 10.3 Å². The molecular formula is C12H23N5O2. The summed E-state index contributed by atoms with van der Waals surface area (Å²) in [6.07, 6.45) is 2.05. The van der Waals surface area contributed by atoms with E-state index in [0.29, 0.717) is 17.8 Å². The van der Waals surface area contributed by atoms with Crippen LogP contribution in [-0.2, 0) is 7.05 Å². The van der Waals surface area contributed by atoms with Gasteiger partial charge in [0.25, 0.3) is 0 Å². The van der Waals surface area contributed by atoms with Gasteiger partial charge in [-0.05, 0) is 13.3 Å². The first-order chi connectivity index (χ1) is 9.06. The van der Waals surface area contributed by atoms with Gasteiger partial charge in [-0.2, -0.15) is 5.10 Å². The molecule has 0 amide bonds. The van der Waals surface area contributed by atoms with Gasteiger partial charge in [-0.15, -0.1) is 0 Å². The highest BCUT2D eigenvalue weighted by molar-refractivity contribution is 6.02. The number of aromatic nitrogens is 2. The van der Waals surface area contributed by atoms with E-state index in [2.05, 4.69) is 17.2 Å². The van der Waals surface area contributed by atoms with Crippen LogP contribution in [0.3, 0.4) is 0 Å². The Morgan fingerprint density at radius 3 is 2.68 bits per heavy atom. The van der Waals surface area contributed by atoms with Crippen molar-refractivity contribution in [3.8, 4) is 0 Å². The Labute approximate surface area is 113 Å². The molecule has 0 aliphatic heterocycles. The molecule has 7 heteroatoms. The van der Waals surface area contributed by atoms with Gasteiger partial charge in [0.05, 0.1) is 17.9 Å². The van der Waals surface area contributed by atoms with E-state index >= 15 is 0 Å². The second-order valence-corrected chi connectivity index (χ2v) is 4.46. The van der Waals surface area contributed by atoms with Crippen LogP contribution < -0.4 is 10.6 Å². The maximum absolute atomic E-state index is 9.20. The molecule has 0 spiro atoms. The lowest BCUT2D eigenvalue weighted by Crippen LogP contribution is -2.32. The number of rotatable bonds is 7. The second kappa shape index (κ2) is 6.98. The first-order valence-electron chi connectivity index (χ1n) is 6.44. The van der Waals surface area contributed by atoms with E-state index in [0.717, 1.165) is 25.2 Å². The zero-order chi connectivity index (χ0) is 14.4. The molecule has 1 aromatic rings. The van der Waals surface area contributed by atoms with E-state index in [1.165, 1.54) is 0 Å². The van der Waals surface area contributed by atoms with Crippen molar-refractivity contribution in [3.05, 3.63) is 11.3 Å². The third-order valence-corrected chi connectivity index (χ3v) is 3.01. The first kappa shape index (κ1) is 15.3. The van der Waals surface area contributed by atoms with E-state index < -0.39 is 0 Å². The number of aryl methyl sites for hydroxylation is 2. The summed E-state index contributed by atoms with van der Waals surface area (Å²) in [5.74, 6) is 0.815. The molecular weight excluding hydrogens is 246 g/mol. The lowest BCUT2D eigenvalue weighted by Gasteiger charge is -2.24. The molecule has 1 heterocycles. The minimum atomic E-state index is 0.0417. The summed E-state index contributed by atoms with van der Waals surface area (Å²) in [4.78, 5) is 2.01. The second-order valence-electron chi connectivity index (χ2n) is 4.46. The van der Waals surface area contributed by atoms with Crippen LogP contribution in [0.25, 0.3) is 0 Å². The Hall–Kier alpha value is -1.76. The molecule has 19 heavy (non-hydrogen) atoms. The van der Waals surface area contributed by atoms with Crippen molar-refractivity contribution in [2.75, 3.05) is 24.6 Å². The van der Waals surface area contributed by atoms with Gasteiger partial charge in [0, 0.05) is 20.1 Å². The predicted octanol–water partition coefficient (Wildman–Crippen LogP) is 0.422. The number of unbranched alkanes of at least 4 members (excludes halogenated alkanes) is 1. The predicted molar refractivity (Wildman–Crippen MR) is 74.7 cm³/mol. The molecule has 0 aliphatic carbocycles. The summed E-state index contributed by atoms with van der Waals surface area (Å²) in [6, 6.07) is 0. The van der Waals surface area contributed by atoms with Gasteiger partial charge < -0.3 is 20.9 Å². The van der Waals surface area contributed by atoms with E-state index in [-0.39, 0.29) is 12.4 Å². The average molecular weight is 269 g/mol. The van der Waals surface area contributed by atoms with Gasteiger partial charge in [0.15, 0.2) is 5.84 Å². The number of amidine groups is 1. The number of oxime groups is 1. The number of aliphatic hydroxyl groups excluding tert-OH is 1. The van der Waals surface area contributed by atoms with Crippen molar-refractivity contribution in [1.82, 2.24) is 9.78 Å². The largest absolute Gasteiger partial charge is 0.409 e. The summed E-state index contributed by atoms with van der Waals surface area (Å²) < 4.78 is 1.70. The minimum Gasteiger partial charge on any atom is -0.409 e. The van der Waals surface area contributed by atoms with Crippen LogP contribution in [0.15, 0.2) is 5.16 Å². The minimum absolute atomic E-state index is 0.0417. The third kappa shape index (κ3) is 3.37. The molecule has 4 N–H and O–H groups in total. The first-order valence-corrected chi connectivity index (χ1v) is 6.44. The van der Waals surface area contributed by atoms with E-state index in [1.807, 2.05) is 18.9 Å². The molecule has 0 atom stereocenters. The standard InChI is InChI=1S/C12H23N5O2/c1-4-5-6-17(7-8-18)12-10(11(13)15-19)9(2)14-16(12)3/h18-19H,4-8H2,1-3H3,(H2,13,15). The Kier molecular flexibility index (Phi) is 5.62. The highest BCUT2D eigenvalue weighted by Crippen LogP contribution is 2.23. The maximum Gasteiger partial charge on any atom is 0.175 e.